The van der Waals surface area contributed by atoms with E-state index in [0.717, 1.165) is 12.1 Å². The van der Waals surface area contributed by atoms with Gasteiger partial charge in [0.15, 0.2) is 0 Å². The Kier molecular flexibility index (Phi) is 9.19. The monoisotopic (exact) mass is 606 g/mol. The molecular weight excluding hydrogens is 580 g/mol. The van der Waals surface area contributed by atoms with Gasteiger partial charge >= 0.3 is 12.3 Å². The third-order valence-corrected chi connectivity index (χ3v) is 7.02. The van der Waals surface area contributed by atoms with Crippen LogP contribution in [0.15, 0.2) is 59.5 Å². The molecular formula is C31H26F4N6O3. The molecule has 0 aliphatic rings. The molecule has 2 aromatic heterocycles. The van der Waals surface area contributed by atoms with Crippen LogP contribution in [0.4, 0.5) is 28.2 Å². The molecule has 0 saturated carbocycles. The van der Waals surface area contributed by atoms with E-state index in [2.05, 4.69) is 27.0 Å². The van der Waals surface area contributed by atoms with E-state index < -0.39 is 41.2 Å². The fourth-order valence-electron chi connectivity index (χ4n) is 4.89. The van der Waals surface area contributed by atoms with Crippen LogP contribution in [0.3, 0.4) is 0 Å². The number of nitrogens with one attached hydrogen (secondary N) is 1. The SMILES string of the molecule is CC#Cc1ccc2c(=O)[nH]nc(Cc3ccc(F)c(C(CCN(CC)c4ccc(C#N)cn4)(OC(N)=O)C(F)(F)F)c3)c2c1. The number of halogens is 4. The fraction of sp³-hybridized carbons (Fsp3) is 0.258. The first-order valence-corrected chi connectivity index (χ1v) is 13.3. The van der Waals surface area contributed by atoms with Crippen molar-refractivity contribution >= 4 is 22.7 Å². The summed E-state index contributed by atoms with van der Waals surface area (Å²) in [5.41, 5.74) is 1.58. The van der Waals surface area contributed by atoms with Crippen LogP contribution < -0.4 is 16.2 Å². The number of nitrogens with two attached hydrogens (primary N) is 1. The molecule has 0 spiro atoms. The van der Waals surface area contributed by atoms with Crippen molar-refractivity contribution in [1.29, 1.82) is 5.26 Å². The second kappa shape index (κ2) is 12.8. The highest BCUT2D eigenvalue weighted by Crippen LogP contribution is 2.46. The van der Waals surface area contributed by atoms with Crippen LogP contribution in [0.2, 0.25) is 0 Å². The minimum absolute atomic E-state index is 0.107. The molecule has 0 bridgehead atoms. The average molecular weight is 607 g/mol. The number of alkyl halides is 3. The molecule has 0 radical (unpaired) electrons. The van der Waals surface area contributed by atoms with E-state index in [1.165, 1.54) is 29.3 Å². The number of pyridine rings is 1. The van der Waals surface area contributed by atoms with E-state index in [9.17, 15) is 22.8 Å². The standard InChI is InChI=1S/C31H26F4N6O3/c1-3-5-19-6-9-22-23(14-19)26(39-40-28(22)42)16-20-7-10-25(32)24(15-20)30(31(33,34)35,44-29(37)43)12-13-41(4-2)27-11-8-21(17-36)18-38-27/h6-11,14-15,18H,4,12-13,16H2,1-2H3,(H2,37,43)(H,40,42). The molecule has 0 fully saturated rings. The van der Waals surface area contributed by atoms with Crippen LogP contribution in [-0.4, -0.2) is 40.5 Å². The maximum absolute atomic E-state index is 15.4. The van der Waals surface area contributed by atoms with Crippen molar-refractivity contribution in [3.8, 4) is 17.9 Å². The molecule has 44 heavy (non-hydrogen) atoms. The number of nitrogens with zero attached hydrogens (tertiary/aromatic N) is 4. The number of carbonyl (C=O) groups is 1. The summed E-state index contributed by atoms with van der Waals surface area (Å²) in [6, 6.07) is 12.8. The zero-order valence-electron chi connectivity index (χ0n) is 23.6. The van der Waals surface area contributed by atoms with Gasteiger partial charge in [-0.25, -0.2) is 19.3 Å². The maximum Gasteiger partial charge on any atom is 0.433 e. The summed E-state index contributed by atoms with van der Waals surface area (Å²) in [5, 5.41) is 16.2. The first-order chi connectivity index (χ1) is 20.9. The van der Waals surface area contributed by atoms with Gasteiger partial charge in [0.05, 0.1) is 16.6 Å². The van der Waals surface area contributed by atoms with Crippen molar-refractivity contribution in [2.75, 3.05) is 18.0 Å². The van der Waals surface area contributed by atoms with Crippen molar-refractivity contribution < 1.29 is 27.1 Å². The number of hydrogen-bond acceptors (Lipinski definition) is 7. The van der Waals surface area contributed by atoms with Crippen molar-refractivity contribution in [3.05, 3.63) is 98.8 Å². The normalized spacial score (nSPS) is 12.5. The van der Waals surface area contributed by atoms with Crippen LogP contribution in [0.5, 0.6) is 0 Å². The van der Waals surface area contributed by atoms with Crippen LogP contribution in [0.1, 0.15) is 48.2 Å². The van der Waals surface area contributed by atoms with Crippen molar-refractivity contribution in [2.45, 2.75) is 38.5 Å². The molecule has 226 valence electrons. The Morgan fingerprint density at radius 2 is 1.86 bits per heavy atom. The van der Waals surface area contributed by atoms with Crippen molar-refractivity contribution in [3.63, 3.8) is 0 Å². The zero-order valence-corrected chi connectivity index (χ0v) is 23.6. The Balaban J connectivity index is 1.79. The van der Waals surface area contributed by atoms with E-state index in [1.54, 1.807) is 32.0 Å². The molecule has 1 unspecified atom stereocenters. The number of carbonyl (C=O) groups excluding carboxylic acids is 1. The molecule has 13 heteroatoms. The van der Waals surface area contributed by atoms with Crippen LogP contribution >= 0.6 is 0 Å². The summed E-state index contributed by atoms with van der Waals surface area (Å²) in [6.07, 6.45) is -6.82. The molecule has 0 aliphatic carbocycles. The minimum atomic E-state index is -5.30. The quantitative estimate of drug-likeness (QED) is 0.201. The Morgan fingerprint density at radius 3 is 2.48 bits per heavy atom. The molecule has 0 saturated heterocycles. The summed E-state index contributed by atoms with van der Waals surface area (Å²) >= 11 is 0. The number of H-pyrrole nitrogens is 1. The predicted octanol–water partition coefficient (Wildman–Crippen LogP) is 5.06. The minimum Gasteiger partial charge on any atom is -0.428 e. The molecule has 1 atom stereocenters. The summed E-state index contributed by atoms with van der Waals surface area (Å²) in [4.78, 5) is 29.9. The number of fused-ring (bicyclic) bond motifs is 1. The number of benzene rings is 2. The molecule has 2 heterocycles. The number of anilines is 1. The number of hydrogen-bond donors (Lipinski definition) is 2. The molecule has 0 aliphatic heterocycles. The van der Waals surface area contributed by atoms with E-state index in [0.29, 0.717) is 16.6 Å². The van der Waals surface area contributed by atoms with Gasteiger partial charge < -0.3 is 15.4 Å². The number of primary amides is 1. The number of amides is 1. The van der Waals surface area contributed by atoms with Gasteiger partial charge in [-0.3, -0.25) is 4.79 Å². The van der Waals surface area contributed by atoms with E-state index >= 15 is 4.39 Å². The highest BCUT2D eigenvalue weighted by atomic mass is 19.4. The van der Waals surface area contributed by atoms with Crippen LogP contribution in [0.25, 0.3) is 10.8 Å². The first kappa shape index (κ1) is 31.5. The lowest BCUT2D eigenvalue weighted by Crippen LogP contribution is -2.50. The molecule has 2 aromatic carbocycles. The number of nitriles is 1. The summed E-state index contributed by atoms with van der Waals surface area (Å²) in [6.45, 7) is 3.13. The third-order valence-electron chi connectivity index (χ3n) is 7.02. The average Bonchev–Trinajstić information content (AvgIpc) is 2.99. The van der Waals surface area contributed by atoms with Crippen molar-refractivity contribution in [1.82, 2.24) is 15.2 Å². The lowest BCUT2D eigenvalue weighted by Gasteiger charge is -2.37. The number of aromatic nitrogens is 3. The van der Waals surface area contributed by atoms with E-state index in [-0.39, 0.29) is 41.8 Å². The Hall–Kier alpha value is -5.43. The van der Waals surface area contributed by atoms with Gasteiger partial charge in [-0.1, -0.05) is 12.0 Å². The van der Waals surface area contributed by atoms with Gasteiger partial charge in [0, 0.05) is 48.6 Å². The second-order valence-corrected chi connectivity index (χ2v) is 9.72. The topological polar surface area (TPSA) is 138 Å². The lowest BCUT2D eigenvalue weighted by atomic mass is 9.86. The van der Waals surface area contributed by atoms with Gasteiger partial charge in [0.2, 0.25) is 5.60 Å². The summed E-state index contributed by atoms with van der Waals surface area (Å²) in [5.74, 6) is 4.63. The lowest BCUT2D eigenvalue weighted by molar-refractivity contribution is -0.266. The van der Waals surface area contributed by atoms with E-state index in [1.807, 2.05) is 6.07 Å². The fourth-order valence-corrected chi connectivity index (χ4v) is 4.89. The van der Waals surface area contributed by atoms with Gasteiger partial charge in [0.25, 0.3) is 5.56 Å². The Morgan fingerprint density at radius 1 is 1.11 bits per heavy atom. The van der Waals surface area contributed by atoms with Gasteiger partial charge in [-0.05, 0) is 61.9 Å². The smallest absolute Gasteiger partial charge is 0.428 e. The van der Waals surface area contributed by atoms with Crippen LogP contribution in [0, 0.1) is 29.0 Å². The van der Waals surface area contributed by atoms with E-state index in [4.69, 9.17) is 15.7 Å². The van der Waals surface area contributed by atoms with Crippen molar-refractivity contribution in [2.24, 2.45) is 5.73 Å². The Labute approximate surface area is 249 Å². The van der Waals surface area contributed by atoms with Gasteiger partial charge in [-0.2, -0.15) is 23.5 Å². The summed E-state index contributed by atoms with van der Waals surface area (Å²) in [7, 11) is 0. The molecule has 4 rings (SSSR count). The number of aromatic amines is 1. The largest absolute Gasteiger partial charge is 0.433 e. The third kappa shape index (κ3) is 6.47. The number of rotatable bonds is 9. The molecule has 4 aromatic rings. The maximum atomic E-state index is 15.4. The highest BCUT2D eigenvalue weighted by molar-refractivity contribution is 5.85. The van der Waals surface area contributed by atoms with Crippen LogP contribution in [-0.2, 0) is 16.8 Å². The zero-order chi connectivity index (χ0) is 32.1. The second-order valence-electron chi connectivity index (χ2n) is 9.72. The summed E-state index contributed by atoms with van der Waals surface area (Å²) < 4.78 is 65.0. The molecule has 1 amide bonds. The molecule has 3 N–H and O–H groups in total. The first-order valence-electron chi connectivity index (χ1n) is 13.3. The Bertz CT molecular complexity index is 1860. The van der Waals surface area contributed by atoms with Gasteiger partial charge in [-0.15, -0.1) is 5.92 Å². The highest BCUT2D eigenvalue weighted by Gasteiger charge is 2.60. The number of ether oxygens (including phenoxy) is 1. The molecule has 9 nitrogen and oxygen atoms in total. The van der Waals surface area contributed by atoms with Gasteiger partial charge in [0.1, 0.15) is 17.7 Å². The predicted molar refractivity (Wildman–Crippen MR) is 154 cm³/mol.